The number of aliphatic hydroxyl groups excluding tert-OH is 1. The molecule has 0 bridgehead atoms. The number of carbonyl (C=O) groups is 2. The molecule has 3 rings (SSSR count). The molecule has 1 aliphatic heterocycles. The number of hydrogen-bond acceptors (Lipinski definition) is 7. The lowest BCUT2D eigenvalue weighted by Gasteiger charge is -2.47. The van der Waals surface area contributed by atoms with Gasteiger partial charge in [-0.1, -0.05) is 62.6 Å². The number of aliphatic carboxylic acids is 2. The molecule has 9 heteroatoms. The van der Waals surface area contributed by atoms with Crippen LogP contribution in [0.1, 0.15) is 64.4 Å². The second-order valence-corrected chi connectivity index (χ2v) is 11.0. The third kappa shape index (κ3) is 8.24. The normalized spacial score (nSPS) is 22.0. The number of allylic oxidation sites excluding steroid dienone is 1. The number of benzene rings is 2. The van der Waals surface area contributed by atoms with Crippen molar-refractivity contribution in [2.24, 2.45) is 5.92 Å². The number of methoxy groups -OCH3 is 1. The summed E-state index contributed by atoms with van der Waals surface area (Å²) in [5.74, 6) is -3.18. The van der Waals surface area contributed by atoms with Gasteiger partial charge in [0.15, 0.2) is 0 Å². The highest BCUT2D eigenvalue weighted by Crippen LogP contribution is 2.47. The predicted octanol–water partition coefficient (Wildman–Crippen LogP) is 4.57. The van der Waals surface area contributed by atoms with Crippen LogP contribution in [0.2, 0.25) is 0 Å². The quantitative estimate of drug-likeness (QED) is 0.184. The van der Waals surface area contributed by atoms with E-state index in [0.717, 1.165) is 25.7 Å². The number of carboxylic acids is 2. The number of rotatable bonds is 16. The molecule has 1 heterocycles. The average Bonchev–Trinajstić information content (AvgIpc) is 2.94. The SMILES string of the molecule is CCCCCC(CC1(C)NC(C)=C(C(=O)O)C(c2ccccc2OC)C1C(=O)O)NCC(O)COc1ccccc1. The Labute approximate surface area is 242 Å². The summed E-state index contributed by atoms with van der Waals surface area (Å²) in [6, 6.07) is 16.1. The highest BCUT2D eigenvalue weighted by molar-refractivity contribution is 5.92. The summed E-state index contributed by atoms with van der Waals surface area (Å²) in [5, 5.41) is 38.2. The van der Waals surface area contributed by atoms with Gasteiger partial charge in [-0.2, -0.15) is 0 Å². The first-order chi connectivity index (χ1) is 19.6. The Morgan fingerprint density at radius 2 is 1.76 bits per heavy atom. The van der Waals surface area contributed by atoms with Crippen molar-refractivity contribution in [3.8, 4) is 11.5 Å². The topological polar surface area (TPSA) is 137 Å². The van der Waals surface area contributed by atoms with E-state index in [0.29, 0.717) is 29.2 Å². The minimum atomic E-state index is -1.17. The first kappa shape index (κ1) is 32.0. The molecule has 1 aliphatic rings. The van der Waals surface area contributed by atoms with Gasteiger partial charge in [-0.05, 0) is 44.9 Å². The Hall–Kier alpha value is -3.56. The van der Waals surface area contributed by atoms with Crippen LogP contribution in [0.3, 0.4) is 0 Å². The number of para-hydroxylation sites is 2. The molecule has 5 atom stereocenters. The van der Waals surface area contributed by atoms with Gasteiger partial charge in [-0.25, -0.2) is 4.79 Å². The maximum absolute atomic E-state index is 13.0. The van der Waals surface area contributed by atoms with Gasteiger partial charge < -0.3 is 35.4 Å². The van der Waals surface area contributed by atoms with E-state index in [1.165, 1.54) is 7.11 Å². The molecule has 2 aromatic rings. The van der Waals surface area contributed by atoms with Crippen LogP contribution in [0.5, 0.6) is 11.5 Å². The molecular weight excluding hydrogens is 524 g/mol. The van der Waals surface area contributed by atoms with Crippen molar-refractivity contribution in [1.82, 2.24) is 10.6 Å². The molecule has 0 spiro atoms. The maximum atomic E-state index is 13.0. The van der Waals surface area contributed by atoms with E-state index in [1.807, 2.05) is 37.3 Å². The van der Waals surface area contributed by atoms with Crippen molar-refractivity contribution in [3.05, 3.63) is 71.4 Å². The molecule has 0 radical (unpaired) electrons. The van der Waals surface area contributed by atoms with Crippen molar-refractivity contribution in [1.29, 1.82) is 0 Å². The van der Waals surface area contributed by atoms with Crippen LogP contribution in [0.15, 0.2) is 65.9 Å². The summed E-state index contributed by atoms with van der Waals surface area (Å²) in [7, 11) is 1.49. The Morgan fingerprint density at radius 3 is 2.39 bits per heavy atom. The molecule has 5 unspecified atom stereocenters. The van der Waals surface area contributed by atoms with Crippen LogP contribution >= 0.6 is 0 Å². The largest absolute Gasteiger partial charge is 0.496 e. The second-order valence-electron chi connectivity index (χ2n) is 11.0. The predicted molar refractivity (Wildman–Crippen MR) is 157 cm³/mol. The Kier molecular flexibility index (Phi) is 11.6. The zero-order valence-corrected chi connectivity index (χ0v) is 24.4. The minimum Gasteiger partial charge on any atom is -0.496 e. The Bertz CT molecular complexity index is 1190. The molecule has 0 aromatic heterocycles. The monoisotopic (exact) mass is 568 g/mol. The van der Waals surface area contributed by atoms with E-state index in [-0.39, 0.29) is 24.8 Å². The summed E-state index contributed by atoms with van der Waals surface area (Å²) in [5.41, 5.74) is -0.0355. The zero-order valence-electron chi connectivity index (χ0n) is 24.4. The first-order valence-corrected chi connectivity index (χ1v) is 14.3. The highest BCUT2D eigenvalue weighted by atomic mass is 16.5. The maximum Gasteiger partial charge on any atom is 0.333 e. The fourth-order valence-corrected chi connectivity index (χ4v) is 5.99. The molecule has 0 aliphatic carbocycles. The third-order valence-corrected chi connectivity index (χ3v) is 7.83. The molecular formula is C32H44N2O7. The molecule has 5 N–H and O–H groups in total. The molecule has 41 heavy (non-hydrogen) atoms. The molecule has 0 saturated carbocycles. The minimum absolute atomic E-state index is 0.0170. The van der Waals surface area contributed by atoms with Crippen molar-refractivity contribution in [2.75, 3.05) is 20.3 Å². The fraction of sp³-hybridized carbons (Fsp3) is 0.500. The van der Waals surface area contributed by atoms with E-state index in [1.54, 1.807) is 31.2 Å². The van der Waals surface area contributed by atoms with E-state index in [9.17, 15) is 24.9 Å². The van der Waals surface area contributed by atoms with Gasteiger partial charge in [0.05, 0.1) is 18.6 Å². The number of hydrogen-bond donors (Lipinski definition) is 5. The smallest absolute Gasteiger partial charge is 0.333 e. The van der Waals surface area contributed by atoms with Gasteiger partial charge in [-0.15, -0.1) is 0 Å². The third-order valence-electron chi connectivity index (χ3n) is 7.83. The van der Waals surface area contributed by atoms with Gasteiger partial charge in [0.1, 0.15) is 24.2 Å². The number of nitrogens with one attached hydrogen (secondary N) is 2. The fourth-order valence-electron chi connectivity index (χ4n) is 5.99. The van der Waals surface area contributed by atoms with Crippen LogP contribution in [0.4, 0.5) is 0 Å². The summed E-state index contributed by atoms with van der Waals surface area (Å²) < 4.78 is 11.2. The van der Waals surface area contributed by atoms with Gasteiger partial charge in [-0.3, -0.25) is 4.79 Å². The average molecular weight is 569 g/mol. The Balaban J connectivity index is 1.89. The van der Waals surface area contributed by atoms with Crippen molar-refractivity contribution in [2.45, 2.75) is 76.5 Å². The molecule has 0 amide bonds. The number of ether oxygens (including phenoxy) is 2. The zero-order chi connectivity index (χ0) is 30.0. The summed E-state index contributed by atoms with van der Waals surface area (Å²) in [6.45, 7) is 6.04. The van der Waals surface area contributed by atoms with Crippen LogP contribution in [0.25, 0.3) is 0 Å². The van der Waals surface area contributed by atoms with E-state index >= 15 is 0 Å². The van der Waals surface area contributed by atoms with Gasteiger partial charge in [0.2, 0.25) is 0 Å². The van der Waals surface area contributed by atoms with Gasteiger partial charge in [0.25, 0.3) is 0 Å². The van der Waals surface area contributed by atoms with Crippen LogP contribution in [-0.4, -0.2) is 65.2 Å². The lowest BCUT2D eigenvalue weighted by atomic mass is 9.65. The standard InChI is InChI=1S/C32H44N2O7/c1-5-6-8-13-22(33-19-23(35)20-41-24-14-9-7-10-15-24)18-32(3)29(31(38)39)28(27(30(36)37)21(2)34-32)25-16-11-12-17-26(25)40-4/h7,9-12,14-17,22-23,28-29,33-35H,5-6,8,13,18-20H2,1-4H3,(H,36,37)(H,38,39). The van der Waals surface area contributed by atoms with Crippen LogP contribution < -0.4 is 20.1 Å². The molecule has 0 fully saturated rings. The first-order valence-electron chi connectivity index (χ1n) is 14.3. The summed E-state index contributed by atoms with van der Waals surface area (Å²) in [4.78, 5) is 25.5. The highest BCUT2D eigenvalue weighted by Gasteiger charge is 2.52. The van der Waals surface area contributed by atoms with E-state index in [2.05, 4.69) is 17.6 Å². The summed E-state index contributed by atoms with van der Waals surface area (Å²) in [6.07, 6.45) is 3.40. The number of carboxylic acid groups (broad SMARTS) is 2. The number of unbranched alkanes of at least 4 members (excludes halogenated alkanes) is 2. The second kappa shape index (κ2) is 14.9. The molecule has 9 nitrogen and oxygen atoms in total. The number of aliphatic hydroxyl groups is 1. The van der Waals surface area contributed by atoms with Gasteiger partial charge in [0, 0.05) is 35.3 Å². The van der Waals surface area contributed by atoms with Crippen molar-refractivity contribution >= 4 is 11.9 Å². The summed E-state index contributed by atoms with van der Waals surface area (Å²) >= 11 is 0. The van der Waals surface area contributed by atoms with Crippen molar-refractivity contribution in [3.63, 3.8) is 0 Å². The van der Waals surface area contributed by atoms with E-state index in [4.69, 9.17) is 9.47 Å². The molecule has 0 saturated heterocycles. The van der Waals surface area contributed by atoms with Crippen molar-refractivity contribution < 1.29 is 34.4 Å². The lowest BCUT2D eigenvalue weighted by molar-refractivity contribution is -0.146. The van der Waals surface area contributed by atoms with E-state index < -0.39 is 35.4 Å². The Morgan fingerprint density at radius 1 is 1.07 bits per heavy atom. The van der Waals surface area contributed by atoms with Crippen LogP contribution in [-0.2, 0) is 9.59 Å². The molecule has 224 valence electrons. The molecule has 2 aromatic carbocycles. The van der Waals surface area contributed by atoms with Crippen LogP contribution in [0, 0.1) is 5.92 Å². The lowest BCUT2D eigenvalue weighted by Crippen LogP contribution is -2.60. The van der Waals surface area contributed by atoms with Gasteiger partial charge >= 0.3 is 11.9 Å².